The van der Waals surface area contributed by atoms with Crippen molar-refractivity contribution in [1.82, 2.24) is 4.90 Å². The molecule has 6 heteroatoms. The SMILES string of the molecule is CC(C(=O)Nc1ccc(Br)cc1Br)N1CCCC(O)C1. The summed E-state index contributed by atoms with van der Waals surface area (Å²) >= 11 is 6.81. The van der Waals surface area contributed by atoms with E-state index in [2.05, 4.69) is 37.2 Å². The second-order valence-electron chi connectivity index (χ2n) is 5.08. The number of rotatable bonds is 3. The zero-order valence-electron chi connectivity index (χ0n) is 11.3. The van der Waals surface area contributed by atoms with E-state index in [0.29, 0.717) is 6.54 Å². The van der Waals surface area contributed by atoms with Gasteiger partial charge >= 0.3 is 0 Å². The van der Waals surface area contributed by atoms with Gasteiger partial charge in [0.15, 0.2) is 0 Å². The predicted molar refractivity (Wildman–Crippen MR) is 86.7 cm³/mol. The summed E-state index contributed by atoms with van der Waals surface area (Å²) in [5.74, 6) is -0.0536. The van der Waals surface area contributed by atoms with Crippen molar-refractivity contribution in [2.24, 2.45) is 0 Å². The molecule has 110 valence electrons. The van der Waals surface area contributed by atoms with Crippen LogP contribution >= 0.6 is 31.9 Å². The number of hydrogen-bond donors (Lipinski definition) is 2. The molecule has 2 atom stereocenters. The van der Waals surface area contributed by atoms with Crippen LogP contribution in [0.2, 0.25) is 0 Å². The number of aliphatic hydroxyl groups is 1. The van der Waals surface area contributed by atoms with Gasteiger partial charge in [0, 0.05) is 15.5 Å². The summed E-state index contributed by atoms with van der Waals surface area (Å²) in [6.45, 7) is 3.30. The van der Waals surface area contributed by atoms with Gasteiger partial charge in [0.25, 0.3) is 0 Å². The second kappa shape index (κ2) is 7.02. The average Bonchev–Trinajstić information content (AvgIpc) is 2.41. The molecule has 1 saturated heterocycles. The Morgan fingerprint density at radius 2 is 2.25 bits per heavy atom. The molecule has 0 aromatic heterocycles. The number of aliphatic hydroxyl groups excluding tert-OH is 1. The summed E-state index contributed by atoms with van der Waals surface area (Å²) in [5.41, 5.74) is 0.752. The first kappa shape index (κ1) is 15.9. The van der Waals surface area contributed by atoms with E-state index in [1.165, 1.54) is 0 Å². The van der Waals surface area contributed by atoms with Crippen LogP contribution in [-0.2, 0) is 4.79 Å². The fourth-order valence-corrected chi connectivity index (χ4v) is 3.48. The molecule has 0 aliphatic carbocycles. The van der Waals surface area contributed by atoms with Gasteiger partial charge in [0.2, 0.25) is 5.91 Å². The zero-order chi connectivity index (χ0) is 14.7. The van der Waals surface area contributed by atoms with Crippen LogP contribution in [0.5, 0.6) is 0 Å². The van der Waals surface area contributed by atoms with Crippen molar-refractivity contribution in [2.45, 2.75) is 31.9 Å². The Hall–Kier alpha value is -0.430. The number of carbonyl (C=O) groups is 1. The lowest BCUT2D eigenvalue weighted by atomic mass is 10.1. The number of likely N-dealkylation sites (tertiary alicyclic amines) is 1. The lowest BCUT2D eigenvalue weighted by Crippen LogP contribution is -2.48. The van der Waals surface area contributed by atoms with Gasteiger partial charge in [-0.25, -0.2) is 0 Å². The van der Waals surface area contributed by atoms with E-state index in [1.54, 1.807) is 0 Å². The summed E-state index contributed by atoms with van der Waals surface area (Å²) in [4.78, 5) is 14.3. The maximum absolute atomic E-state index is 12.3. The number of amides is 1. The molecule has 1 fully saturated rings. The van der Waals surface area contributed by atoms with Crippen molar-refractivity contribution in [3.63, 3.8) is 0 Å². The van der Waals surface area contributed by atoms with E-state index in [-0.39, 0.29) is 18.1 Å². The largest absolute Gasteiger partial charge is 0.392 e. The Kier molecular flexibility index (Phi) is 5.60. The summed E-state index contributed by atoms with van der Waals surface area (Å²) < 4.78 is 1.79. The average molecular weight is 406 g/mol. The molecule has 1 heterocycles. The monoisotopic (exact) mass is 404 g/mol. The number of carbonyl (C=O) groups excluding carboxylic acids is 1. The standard InChI is InChI=1S/C14H18Br2N2O2/c1-9(18-6-2-3-11(19)8-18)14(20)17-13-5-4-10(15)7-12(13)16/h4-5,7,9,11,19H,2-3,6,8H2,1H3,(H,17,20). The number of hydrogen-bond acceptors (Lipinski definition) is 3. The zero-order valence-corrected chi connectivity index (χ0v) is 14.4. The van der Waals surface area contributed by atoms with Crippen LogP contribution in [0.25, 0.3) is 0 Å². The van der Waals surface area contributed by atoms with Crippen LogP contribution < -0.4 is 5.32 Å². The molecule has 1 aliphatic heterocycles. The molecule has 1 aliphatic rings. The number of halogens is 2. The highest BCUT2D eigenvalue weighted by Crippen LogP contribution is 2.26. The van der Waals surface area contributed by atoms with Gasteiger partial charge < -0.3 is 10.4 Å². The van der Waals surface area contributed by atoms with Crippen molar-refractivity contribution in [2.75, 3.05) is 18.4 Å². The Morgan fingerprint density at radius 1 is 1.50 bits per heavy atom. The molecule has 2 N–H and O–H groups in total. The summed E-state index contributed by atoms with van der Waals surface area (Å²) in [7, 11) is 0. The lowest BCUT2D eigenvalue weighted by molar-refractivity contribution is -0.121. The maximum Gasteiger partial charge on any atom is 0.241 e. The number of nitrogens with one attached hydrogen (secondary N) is 1. The van der Waals surface area contributed by atoms with Crippen LogP contribution in [0.15, 0.2) is 27.1 Å². The second-order valence-corrected chi connectivity index (χ2v) is 6.85. The van der Waals surface area contributed by atoms with Crippen molar-refractivity contribution in [3.8, 4) is 0 Å². The van der Waals surface area contributed by atoms with Crippen LogP contribution in [0, 0.1) is 0 Å². The topological polar surface area (TPSA) is 52.6 Å². The fourth-order valence-electron chi connectivity index (χ4n) is 2.33. The Bertz CT molecular complexity index is 496. The third-order valence-electron chi connectivity index (χ3n) is 3.54. The van der Waals surface area contributed by atoms with Crippen molar-refractivity contribution < 1.29 is 9.90 Å². The van der Waals surface area contributed by atoms with Gasteiger partial charge in [-0.15, -0.1) is 0 Å². The van der Waals surface area contributed by atoms with Crippen LogP contribution in [0.1, 0.15) is 19.8 Å². The summed E-state index contributed by atoms with van der Waals surface area (Å²) in [5, 5.41) is 12.6. The molecule has 0 radical (unpaired) electrons. The van der Waals surface area contributed by atoms with Gasteiger partial charge in [-0.1, -0.05) is 15.9 Å². The molecule has 0 saturated carbocycles. The molecule has 20 heavy (non-hydrogen) atoms. The first-order valence-electron chi connectivity index (χ1n) is 6.65. The van der Waals surface area contributed by atoms with Crippen LogP contribution in [0.4, 0.5) is 5.69 Å². The first-order valence-corrected chi connectivity index (χ1v) is 8.24. The van der Waals surface area contributed by atoms with Crippen molar-refractivity contribution in [1.29, 1.82) is 0 Å². The lowest BCUT2D eigenvalue weighted by Gasteiger charge is -2.34. The minimum absolute atomic E-state index is 0.0536. The highest BCUT2D eigenvalue weighted by molar-refractivity contribution is 9.11. The smallest absolute Gasteiger partial charge is 0.241 e. The number of anilines is 1. The molecule has 0 bridgehead atoms. The normalized spacial score (nSPS) is 21.5. The van der Waals surface area contributed by atoms with Crippen LogP contribution in [0.3, 0.4) is 0 Å². The third kappa shape index (κ3) is 4.04. The number of nitrogens with zero attached hydrogens (tertiary/aromatic N) is 1. The van der Waals surface area contributed by atoms with E-state index < -0.39 is 0 Å². The molecule has 1 aromatic rings. The Balaban J connectivity index is 2.00. The minimum Gasteiger partial charge on any atom is -0.392 e. The van der Waals surface area contributed by atoms with Gasteiger partial charge in [-0.2, -0.15) is 0 Å². The predicted octanol–water partition coefficient (Wildman–Crippen LogP) is 3.00. The third-order valence-corrected chi connectivity index (χ3v) is 4.69. The molecule has 2 unspecified atom stereocenters. The highest BCUT2D eigenvalue weighted by Gasteiger charge is 2.26. The Morgan fingerprint density at radius 3 is 2.90 bits per heavy atom. The molecule has 1 aromatic carbocycles. The van der Waals surface area contributed by atoms with E-state index in [9.17, 15) is 9.90 Å². The first-order chi connectivity index (χ1) is 9.47. The molecule has 4 nitrogen and oxygen atoms in total. The summed E-state index contributed by atoms with van der Waals surface area (Å²) in [6, 6.07) is 5.38. The van der Waals surface area contributed by atoms with E-state index in [4.69, 9.17) is 0 Å². The van der Waals surface area contributed by atoms with Crippen molar-refractivity contribution >= 4 is 43.5 Å². The van der Waals surface area contributed by atoms with Gasteiger partial charge in [-0.3, -0.25) is 9.69 Å². The number of β-amino-alcohol motifs (C(OH)–C–C–N with tert-alkyl or cyclic N) is 1. The Labute approximate surface area is 135 Å². The quantitative estimate of drug-likeness (QED) is 0.812. The van der Waals surface area contributed by atoms with E-state index in [0.717, 1.165) is 34.0 Å². The molecule has 2 rings (SSSR count). The maximum atomic E-state index is 12.3. The summed E-state index contributed by atoms with van der Waals surface area (Å²) in [6.07, 6.45) is 1.43. The fraction of sp³-hybridized carbons (Fsp3) is 0.500. The molecular weight excluding hydrogens is 388 g/mol. The highest BCUT2D eigenvalue weighted by atomic mass is 79.9. The molecular formula is C14H18Br2N2O2. The van der Waals surface area contributed by atoms with Gasteiger partial charge in [-0.05, 0) is 60.4 Å². The minimum atomic E-state index is -0.321. The molecule has 0 spiro atoms. The van der Waals surface area contributed by atoms with E-state index >= 15 is 0 Å². The number of piperidine rings is 1. The van der Waals surface area contributed by atoms with Gasteiger partial charge in [0.1, 0.15) is 0 Å². The molecule has 1 amide bonds. The van der Waals surface area contributed by atoms with E-state index in [1.807, 2.05) is 30.0 Å². The number of benzene rings is 1. The van der Waals surface area contributed by atoms with Gasteiger partial charge in [0.05, 0.1) is 17.8 Å². The van der Waals surface area contributed by atoms with Crippen LogP contribution in [-0.4, -0.2) is 41.1 Å². The van der Waals surface area contributed by atoms with Crippen molar-refractivity contribution in [3.05, 3.63) is 27.1 Å².